The van der Waals surface area contributed by atoms with Gasteiger partial charge in [-0.15, -0.1) is 0 Å². The minimum absolute atomic E-state index is 0.315. The summed E-state index contributed by atoms with van der Waals surface area (Å²) in [5.41, 5.74) is 6.00. The highest BCUT2D eigenvalue weighted by atomic mass is 19.1. The summed E-state index contributed by atoms with van der Waals surface area (Å²) in [6, 6.07) is 4.32. The molecule has 0 bridgehead atoms. The van der Waals surface area contributed by atoms with Gasteiger partial charge in [-0.1, -0.05) is 6.07 Å². The predicted molar refractivity (Wildman–Crippen MR) is 45.6 cm³/mol. The highest BCUT2D eigenvalue weighted by molar-refractivity contribution is 5.36. The fraction of sp³-hybridized carbons (Fsp3) is 0.333. The molecule has 66 valence electrons. The Bertz CT molecular complexity index is 273. The lowest BCUT2D eigenvalue weighted by atomic mass is 10.1. The molecule has 2 nitrogen and oxygen atoms in total. The molecule has 0 aliphatic heterocycles. The van der Waals surface area contributed by atoms with Crippen molar-refractivity contribution in [2.24, 2.45) is 5.73 Å². The second-order valence-corrected chi connectivity index (χ2v) is 2.64. The number of ether oxygens (including phenoxy) is 1. The van der Waals surface area contributed by atoms with Gasteiger partial charge in [0.05, 0.1) is 7.11 Å². The summed E-state index contributed by atoms with van der Waals surface area (Å²) in [7, 11) is 1.50. The quantitative estimate of drug-likeness (QED) is 0.733. The van der Waals surface area contributed by atoms with Gasteiger partial charge in [0.25, 0.3) is 0 Å². The van der Waals surface area contributed by atoms with Crippen LogP contribution in [0.4, 0.5) is 4.39 Å². The molecule has 1 aromatic rings. The van der Waals surface area contributed by atoms with Gasteiger partial charge in [-0.05, 0) is 19.1 Å². The number of benzene rings is 1. The first-order valence-corrected chi connectivity index (χ1v) is 3.74. The number of halogens is 1. The van der Waals surface area contributed by atoms with Gasteiger partial charge in [-0.2, -0.15) is 0 Å². The summed E-state index contributed by atoms with van der Waals surface area (Å²) in [6.07, 6.45) is 0. The van der Waals surface area contributed by atoms with E-state index < -0.39 is 0 Å². The van der Waals surface area contributed by atoms with Crippen LogP contribution in [-0.4, -0.2) is 7.11 Å². The number of hydrogen-bond acceptors (Lipinski definition) is 2. The smallest absolute Gasteiger partial charge is 0.131 e. The van der Waals surface area contributed by atoms with E-state index in [1.54, 1.807) is 19.1 Å². The van der Waals surface area contributed by atoms with Crippen LogP contribution in [0.15, 0.2) is 18.2 Å². The normalized spacial score (nSPS) is 12.7. The van der Waals surface area contributed by atoms with Gasteiger partial charge in [-0.25, -0.2) is 4.39 Å². The minimum Gasteiger partial charge on any atom is -0.496 e. The number of rotatable bonds is 2. The van der Waals surface area contributed by atoms with E-state index in [9.17, 15) is 4.39 Å². The molecule has 0 aromatic heterocycles. The lowest BCUT2D eigenvalue weighted by molar-refractivity contribution is 0.400. The molecule has 0 saturated heterocycles. The second kappa shape index (κ2) is 3.54. The van der Waals surface area contributed by atoms with Gasteiger partial charge < -0.3 is 10.5 Å². The van der Waals surface area contributed by atoms with Crippen molar-refractivity contribution in [1.82, 2.24) is 0 Å². The number of hydrogen-bond donors (Lipinski definition) is 1. The Morgan fingerprint density at radius 2 is 2.17 bits per heavy atom. The van der Waals surface area contributed by atoms with Crippen LogP contribution in [0.3, 0.4) is 0 Å². The molecule has 1 atom stereocenters. The zero-order valence-corrected chi connectivity index (χ0v) is 7.17. The third-order valence-electron chi connectivity index (χ3n) is 1.69. The van der Waals surface area contributed by atoms with Gasteiger partial charge >= 0.3 is 0 Å². The molecular weight excluding hydrogens is 157 g/mol. The molecule has 2 N–H and O–H groups in total. The Labute approximate surface area is 71.1 Å². The fourth-order valence-corrected chi connectivity index (χ4v) is 1.14. The summed E-state index contributed by atoms with van der Waals surface area (Å²) in [6.45, 7) is 1.72. The Hall–Kier alpha value is -1.09. The fourth-order valence-electron chi connectivity index (χ4n) is 1.14. The molecule has 0 radical (unpaired) electrons. The van der Waals surface area contributed by atoms with Gasteiger partial charge in [0, 0.05) is 11.6 Å². The molecule has 1 aromatic carbocycles. The van der Waals surface area contributed by atoms with E-state index in [1.165, 1.54) is 13.2 Å². The Kier molecular flexibility index (Phi) is 2.65. The van der Waals surface area contributed by atoms with E-state index in [2.05, 4.69) is 0 Å². The van der Waals surface area contributed by atoms with E-state index in [0.29, 0.717) is 11.3 Å². The molecule has 0 aliphatic carbocycles. The molecule has 3 heteroatoms. The maximum Gasteiger partial charge on any atom is 0.131 e. The van der Waals surface area contributed by atoms with Crippen molar-refractivity contribution in [3.63, 3.8) is 0 Å². The average Bonchev–Trinajstić information content (AvgIpc) is 2.03. The van der Waals surface area contributed by atoms with Crippen molar-refractivity contribution < 1.29 is 9.13 Å². The van der Waals surface area contributed by atoms with Crippen molar-refractivity contribution in [2.45, 2.75) is 13.0 Å². The van der Waals surface area contributed by atoms with Crippen LogP contribution >= 0.6 is 0 Å². The molecule has 0 saturated carbocycles. The second-order valence-electron chi connectivity index (χ2n) is 2.64. The molecular formula is C9H12FNO. The van der Waals surface area contributed by atoms with Gasteiger partial charge in [0.15, 0.2) is 0 Å². The van der Waals surface area contributed by atoms with E-state index >= 15 is 0 Å². The molecule has 0 amide bonds. The standard InChI is InChI=1S/C9H12FNO/c1-6(11)9-7(10)4-3-5-8(9)12-2/h3-6H,11H2,1-2H3/t6-/m1/s1. The monoisotopic (exact) mass is 169 g/mol. The topological polar surface area (TPSA) is 35.2 Å². The lowest BCUT2D eigenvalue weighted by Crippen LogP contribution is -2.09. The van der Waals surface area contributed by atoms with Crippen molar-refractivity contribution in [2.75, 3.05) is 7.11 Å². The highest BCUT2D eigenvalue weighted by Gasteiger charge is 2.11. The van der Waals surface area contributed by atoms with Crippen LogP contribution in [0.1, 0.15) is 18.5 Å². The average molecular weight is 169 g/mol. The molecule has 0 fully saturated rings. The summed E-state index contributed by atoms with van der Waals surface area (Å²) < 4.78 is 18.1. The molecule has 1 rings (SSSR count). The molecule has 12 heavy (non-hydrogen) atoms. The molecule has 0 heterocycles. The van der Waals surface area contributed by atoms with Crippen molar-refractivity contribution in [3.05, 3.63) is 29.6 Å². The van der Waals surface area contributed by atoms with Crippen LogP contribution in [0.2, 0.25) is 0 Å². The van der Waals surface area contributed by atoms with Gasteiger partial charge in [-0.3, -0.25) is 0 Å². The number of methoxy groups -OCH3 is 1. The summed E-state index contributed by atoms with van der Waals surface area (Å²) in [5.74, 6) is 0.189. The summed E-state index contributed by atoms with van der Waals surface area (Å²) >= 11 is 0. The SMILES string of the molecule is COc1cccc(F)c1[C@@H](C)N. The largest absolute Gasteiger partial charge is 0.496 e. The molecule has 0 aliphatic rings. The minimum atomic E-state index is -0.346. The maximum atomic E-state index is 13.1. The molecule has 0 unspecified atom stereocenters. The third-order valence-corrected chi connectivity index (χ3v) is 1.69. The Balaban J connectivity index is 3.20. The number of nitrogens with two attached hydrogens (primary N) is 1. The van der Waals surface area contributed by atoms with Crippen LogP contribution in [0, 0.1) is 5.82 Å². The maximum absolute atomic E-state index is 13.1. The Morgan fingerprint density at radius 3 is 2.58 bits per heavy atom. The van der Waals surface area contributed by atoms with Crippen LogP contribution in [0.5, 0.6) is 5.75 Å². The van der Waals surface area contributed by atoms with Gasteiger partial charge in [0.2, 0.25) is 0 Å². The van der Waals surface area contributed by atoms with E-state index in [0.717, 1.165) is 0 Å². The van der Waals surface area contributed by atoms with Crippen molar-refractivity contribution in [1.29, 1.82) is 0 Å². The van der Waals surface area contributed by atoms with Crippen molar-refractivity contribution >= 4 is 0 Å². The Morgan fingerprint density at radius 1 is 1.50 bits per heavy atom. The summed E-state index contributed by atoms with van der Waals surface area (Å²) in [5, 5.41) is 0. The summed E-state index contributed by atoms with van der Waals surface area (Å²) in [4.78, 5) is 0. The van der Waals surface area contributed by atoms with Crippen LogP contribution in [0.25, 0.3) is 0 Å². The van der Waals surface area contributed by atoms with E-state index in [-0.39, 0.29) is 11.9 Å². The first-order valence-electron chi connectivity index (χ1n) is 3.74. The van der Waals surface area contributed by atoms with E-state index in [1.807, 2.05) is 0 Å². The first-order chi connectivity index (χ1) is 5.66. The third kappa shape index (κ3) is 1.56. The molecule has 0 spiro atoms. The highest BCUT2D eigenvalue weighted by Crippen LogP contribution is 2.25. The van der Waals surface area contributed by atoms with Crippen LogP contribution < -0.4 is 10.5 Å². The zero-order valence-electron chi connectivity index (χ0n) is 7.17. The predicted octanol–water partition coefficient (Wildman–Crippen LogP) is 1.85. The zero-order chi connectivity index (χ0) is 9.14. The lowest BCUT2D eigenvalue weighted by Gasteiger charge is -2.11. The van der Waals surface area contributed by atoms with Crippen LogP contribution in [-0.2, 0) is 0 Å². The van der Waals surface area contributed by atoms with E-state index in [4.69, 9.17) is 10.5 Å². The van der Waals surface area contributed by atoms with Crippen molar-refractivity contribution in [3.8, 4) is 5.75 Å². The first kappa shape index (κ1) is 9.00. The van der Waals surface area contributed by atoms with Gasteiger partial charge in [0.1, 0.15) is 11.6 Å².